The number of nitrogens with zero attached hydrogens (tertiary/aromatic N) is 1. The predicted molar refractivity (Wildman–Crippen MR) is 120 cm³/mol. The Morgan fingerprint density at radius 2 is 2.04 bits per heavy atom. The molecule has 1 saturated carbocycles. The lowest BCUT2D eigenvalue weighted by molar-refractivity contribution is 0.435. The number of hydrogen-bond donors (Lipinski definition) is 2. The Morgan fingerprint density at radius 3 is 2.73 bits per heavy atom. The molecule has 0 atom stereocenters. The van der Waals surface area contributed by atoms with Gasteiger partial charge in [-0.15, -0.1) is 0 Å². The van der Waals surface area contributed by atoms with E-state index in [-0.39, 0.29) is 5.41 Å². The SMILES string of the molecule is Cc1c(Br)cnc(NC(=S)NCC2(c3cccc(Cl)c3)CCCC2)c1Br. The van der Waals surface area contributed by atoms with Gasteiger partial charge in [-0.1, -0.05) is 36.6 Å². The average Bonchev–Trinajstić information content (AvgIpc) is 3.11. The smallest absolute Gasteiger partial charge is 0.172 e. The van der Waals surface area contributed by atoms with Gasteiger partial charge in [0.15, 0.2) is 5.11 Å². The molecule has 0 amide bonds. The van der Waals surface area contributed by atoms with Gasteiger partial charge in [0.2, 0.25) is 0 Å². The van der Waals surface area contributed by atoms with Crippen molar-refractivity contribution in [1.29, 1.82) is 0 Å². The van der Waals surface area contributed by atoms with Crippen LogP contribution in [0.25, 0.3) is 0 Å². The highest BCUT2D eigenvalue weighted by molar-refractivity contribution is 9.11. The summed E-state index contributed by atoms with van der Waals surface area (Å²) in [7, 11) is 0. The summed E-state index contributed by atoms with van der Waals surface area (Å²) in [5.74, 6) is 0.714. The van der Waals surface area contributed by atoms with E-state index >= 15 is 0 Å². The number of pyridine rings is 1. The van der Waals surface area contributed by atoms with Crippen LogP contribution < -0.4 is 10.6 Å². The number of rotatable bonds is 4. The first-order chi connectivity index (χ1) is 12.4. The molecule has 1 fully saturated rings. The second-order valence-electron chi connectivity index (χ2n) is 6.70. The topological polar surface area (TPSA) is 37.0 Å². The molecule has 2 aromatic rings. The molecule has 138 valence electrons. The lowest BCUT2D eigenvalue weighted by Crippen LogP contribution is -2.41. The summed E-state index contributed by atoms with van der Waals surface area (Å²) in [4.78, 5) is 4.40. The summed E-state index contributed by atoms with van der Waals surface area (Å²) in [6, 6.07) is 8.21. The number of hydrogen-bond acceptors (Lipinski definition) is 2. The number of benzene rings is 1. The Morgan fingerprint density at radius 1 is 1.31 bits per heavy atom. The van der Waals surface area contributed by atoms with Crippen LogP contribution in [0.4, 0.5) is 5.82 Å². The molecule has 1 aliphatic rings. The van der Waals surface area contributed by atoms with Gasteiger partial charge >= 0.3 is 0 Å². The maximum Gasteiger partial charge on any atom is 0.172 e. The van der Waals surface area contributed by atoms with E-state index in [0.717, 1.165) is 38.9 Å². The number of anilines is 1. The zero-order valence-electron chi connectivity index (χ0n) is 14.4. The second-order valence-corrected chi connectivity index (χ2v) is 9.19. The van der Waals surface area contributed by atoms with Crippen molar-refractivity contribution in [3.63, 3.8) is 0 Å². The van der Waals surface area contributed by atoms with E-state index in [1.807, 2.05) is 19.1 Å². The van der Waals surface area contributed by atoms with Crippen molar-refractivity contribution < 1.29 is 0 Å². The Kier molecular flexibility index (Phi) is 6.59. The predicted octanol–water partition coefficient (Wildman–Crippen LogP) is 6.37. The Hall–Kier alpha value is -0.690. The largest absolute Gasteiger partial charge is 0.362 e. The molecule has 0 radical (unpaired) electrons. The zero-order chi connectivity index (χ0) is 18.7. The van der Waals surface area contributed by atoms with Crippen LogP contribution >= 0.6 is 55.7 Å². The zero-order valence-corrected chi connectivity index (χ0v) is 19.2. The van der Waals surface area contributed by atoms with Crippen molar-refractivity contribution in [3.8, 4) is 0 Å². The molecule has 1 heterocycles. The molecular formula is C19H20Br2ClN3S. The van der Waals surface area contributed by atoms with E-state index in [1.54, 1.807) is 6.20 Å². The summed E-state index contributed by atoms with van der Waals surface area (Å²) in [5, 5.41) is 7.96. The van der Waals surface area contributed by atoms with Crippen molar-refractivity contribution in [3.05, 3.63) is 55.6 Å². The number of thiocarbonyl (C=S) groups is 1. The van der Waals surface area contributed by atoms with E-state index in [0.29, 0.717) is 10.9 Å². The lowest BCUT2D eigenvalue weighted by Gasteiger charge is -2.31. The maximum atomic E-state index is 6.22. The van der Waals surface area contributed by atoms with E-state index < -0.39 is 0 Å². The standard InChI is InChI=1S/C19H20Br2ClN3S/c1-12-15(20)10-23-17(16(12)21)25-18(26)24-11-19(7-2-3-8-19)13-5-4-6-14(22)9-13/h4-6,9-10H,2-3,7-8,11H2,1H3,(H2,23,24,25,26). The minimum absolute atomic E-state index is 0.0803. The minimum atomic E-state index is 0.0803. The molecule has 3 nitrogen and oxygen atoms in total. The average molecular weight is 518 g/mol. The molecule has 2 N–H and O–H groups in total. The molecule has 26 heavy (non-hydrogen) atoms. The summed E-state index contributed by atoms with van der Waals surface area (Å²) in [6.07, 6.45) is 6.51. The Bertz CT molecular complexity index is 822. The van der Waals surface area contributed by atoms with Gasteiger partial charge in [-0.2, -0.15) is 0 Å². The molecule has 0 aliphatic heterocycles. The van der Waals surface area contributed by atoms with Gasteiger partial charge < -0.3 is 10.6 Å². The highest BCUT2D eigenvalue weighted by atomic mass is 79.9. The van der Waals surface area contributed by atoms with E-state index in [2.05, 4.69) is 59.6 Å². The second kappa shape index (κ2) is 8.55. The number of nitrogens with one attached hydrogen (secondary N) is 2. The van der Waals surface area contributed by atoms with Crippen LogP contribution in [0, 0.1) is 6.92 Å². The number of halogens is 3. The molecule has 1 aliphatic carbocycles. The van der Waals surface area contributed by atoms with Gasteiger partial charge in [0.25, 0.3) is 0 Å². The van der Waals surface area contributed by atoms with Crippen LogP contribution in [0.15, 0.2) is 39.4 Å². The van der Waals surface area contributed by atoms with Gasteiger partial charge in [0, 0.05) is 27.7 Å². The first kappa shape index (κ1) is 20.1. The lowest BCUT2D eigenvalue weighted by atomic mass is 9.79. The van der Waals surface area contributed by atoms with Gasteiger partial charge in [0.05, 0.1) is 4.47 Å². The fourth-order valence-corrected chi connectivity index (χ4v) is 4.82. The van der Waals surface area contributed by atoms with Gasteiger partial charge in [-0.3, -0.25) is 0 Å². The molecule has 3 rings (SSSR count). The molecule has 0 spiro atoms. The van der Waals surface area contributed by atoms with Crippen LogP contribution in [0.2, 0.25) is 5.02 Å². The number of aromatic nitrogens is 1. The highest BCUT2D eigenvalue weighted by Crippen LogP contribution is 2.41. The third kappa shape index (κ3) is 4.41. The first-order valence-corrected chi connectivity index (χ1v) is 10.9. The van der Waals surface area contributed by atoms with Gasteiger partial charge in [-0.25, -0.2) is 4.98 Å². The van der Waals surface area contributed by atoms with Crippen molar-refractivity contribution in [2.24, 2.45) is 0 Å². The van der Waals surface area contributed by atoms with Crippen molar-refractivity contribution in [2.75, 3.05) is 11.9 Å². The molecule has 0 bridgehead atoms. The van der Waals surface area contributed by atoms with E-state index in [4.69, 9.17) is 23.8 Å². The Labute approximate surface area is 181 Å². The van der Waals surface area contributed by atoms with Gasteiger partial charge in [-0.05, 0) is 87.1 Å². The molecule has 1 aromatic heterocycles. The summed E-state index contributed by atoms with van der Waals surface area (Å²) in [6.45, 7) is 2.80. The monoisotopic (exact) mass is 515 g/mol. The third-order valence-electron chi connectivity index (χ3n) is 5.02. The van der Waals surface area contributed by atoms with E-state index in [9.17, 15) is 0 Å². The first-order valence-electron chi connectivity index (χ1n) is 8.53. The fraction of sp³-hybridized carbons (Fsp3) is 0.368. The quantitative estimate of drug-likeness (QED) is 0.463. The van der Waals surface area contributed by atoms with Crippen molar-refractivity contribution >= 4 is 66.6 Å². The molecule has 7 heteroatoms. The normalized spacial score (nSPS) is 15.7. The van der Waals surface area contributed by atoms with Crippen LogP contribution in [-0.4, -0.2) is 16.6 Å². The molecule has 0 saturated heterocycles. The molecule has 0 unspecified atom stereocenters. The summed E-state index contributed by atoms with van der Waals surface area (Å²) >= 11 is 18.8. The minimum Gasteiger partial charge on any atom is -0.362 e. The van der Waals surface area contributed by atoms with Crippen LogP contribution in [0.5, 0.6) is 0 Å². The summed E-state index contributed by atoms with van der Waals surface area (Å²) in [5.41, 5.74) is 2.45. The van der Waals surface area contributed by atoms with E-state index in [1.165, 1.54) is 18.4 Å². The highest BCUT2D eigenvalue weighted by Gasteiger charge is 2.35. The summed E-state index contributed by atoms with van der Waals surface area (Å²) < 4.78 is 1.86. The maximum absolute atomic E-state index is 6.22. The molecular weight excluding hydrogens is 498 g/mol. The van der Waals surface area contributed by atoms with Gasteiger partial charge in [0.1, 0.15) is 5.82 Å². The van der Waals surface area contributed by atoms with Crippen molar-refractivity contribution in [1.82, 2.24) is 10.3 Å². The van der Waals surface area contributed by atoms with Crippen LogP contribution in [0.3, 0.4) is 0 Å². The third-order valence-corrected chi connectivity index (χ3v) is 7.27. The Balaban J connectivity index is 1.70. The van der Waals surface area contributed by atoms with Crippen LogP contribution in [0.1, 0.15) is 36.8 Å². The molecule has 1 aromatic carbocycles. The van der Waals surface area contributed by atoms with Crippen LogP contribution in [-0.2, 0) is 5.41 Å². The fourth-order valence-electron chi connectivity index (χ4n) is 3.48. The van der Waals surface area contributed by atoms with Crippen molar-refractivity contribution in [2.45, 2.75) is 38.0 Å².